The van der Waals surface area contributed by atoms with E-state index in [0.29, 0.717) is 20.9 Å². The van der Waals surface area contributed by atoms with Gasteiger partial charge in [-0.1, -0.05) is 52.1 Å². The molecule has 112 valence electrons. The first-order valence-electron chi connectivity index (χ1n) is 6.28. The number of benzene rings is 2. The Labute approximate surface area is 140 Å². The molecule has 2 aromatic rings. The number of halogens is 5. The highest BCUT2D eigenvalue weighted by Crippen LogP contribution is 2.31. The summed E-state index contributed by atoms with van der Waals surface area (Å²) >= 11 is 14.9. The number of hydrogen-bond donors (Lipinski definition) is 1. The van der Waals surface area contributed by atoms with Gasteiger partial charge in [0.2, 0.25) is 0 Å². The van der Waals surface area contributed by atoms with E-state index in [-0.39, 0.29) is 11.7 Å². The van der Waals surface area contributed by atoms with Gasteiger partial charge >= 0.3 is 0 Å². The Morgan fingerprint density at radius 1 is 1.10 bits per heavy atom. The number of hydrogen-bond acceptors (Lipinski definition) is 1. The smallest absolute Gasteiger partial charge is 0.150 e. The molecule has 2 rings (SSSR count). The van der Waals surface area contributed by atoms with Gasteiger partial charge < -0.3 is 5.32 Å². The number of nitrogens with one attached hydrogen (secondary N) is 1. The molecular weight excluding hydrogens is 383 g/mol. The Bertz CT molecular complexity index is 641. The molecule has 21 heavy (non-hydrogen) atoms. The van der Waals surface area contributed by atoms with Crippen LogP contribution >= 0.6 is 39.1 Å². The average Bonchev–Trinajstić information content (AvgIpc) is 2.41. The summed E-state index contributed by atoms with van der Waals surface area (Å²) in [5.41, 5.74) is 0.657. The summed E-state index contributed by atoms with van der Waals surface area (Å²) < 4.78 is 28.1. The predicted molar refractivity (Wildman–Crippen MR) is 87.2 cm³/mol. The molecule has 0 aliphatic heterocycles. The second-order valence-electron chi connectivity index (χ2n) is 4.52. The maximum absolute atomic E-state index is 13.9. The summed E-state index contributed by atoms with van der Waals surface area (Å²) in [5, 5.41) is 3.73. The van der Waals surface area contributed by atoms with Gasteiger partial charge in [-0.25, -0.2) is 8.78 Å². The average molecular weight is 395 g/mol. The van der Waals surface area contributed by atoms with Crippen molar-refractivity contribution in [3.8, 4) is 0 Å². The first kappa shape index (κ1) is 16.5. The Hall–Kier alpha value is -0.840. The third kappa shape index (κ3) is 3.87. The van der Waals surface area contributed by atoms with Crippen molar-refractivity contribution in [3.05, 3.63) is 62.0 Å². The molecule has 0 aromatic heterocycles. The molecule has 0 amide bonds. The molecule has 0 heterocycles. The highest BCUT2D eigenvalue weighted by molar-refractivity contribution is 9.10. The van der Waals surface area contributed by atoms with E-state index in [4.69, 9.17) is 23.2 Å². The van der Waals surface area contributed by atoms with Crippen LogP contribution < -0.4 is 5.32 Å². The molecule has 0 saturated carbocycles. The van der Waals surface area contributed by atoms with Crippen LogP contribution in [0.3, 0.4) is 0 Å². The van der Waals surface area contributed by atoms with E-state index < -0.39 is 11.6 Å². The van der Waals surface area contributed by atoms with Gasteiger partial charge in [0.15, 0.2) is 0 Å². The van der Waals surface area contributed by atoms with E-state index in [0.717, 1.165) is 5.56 Å². The van der Waals surface area contributed by atoms with E-state index in [9.17, 15) is 8.78 Å². The third-order valence-corrected chi connectivity index (χ3v) is 4.28. The second kappa shape index (κ2) is 6.95. The summed E-state index contributed by atoms with van der Waals surface area (Å²) in [7, 11) is 0. The fraction of sp³-hybridized carbons (Fsp3) is 0.200. The molecule has 0 saturated heterocycles. The lowest BCUT2D eigenvalue weighted by molar-refractivity contribution is 0.579. The largest absolute Gasteiger partial charge is 0.373 e. The Morgan fingerprint density at radius 2 is 1.71 bits per heavy atom. The fourth-order valence-electron chi connectivity index (χ4n) is 2.00. The fourth-order valence-corrected chi connectivity index (χ4v) is 2.71. The minimum absolute atomic E-state index is 0.156. The van der Waals surface area contributed by atoms with Gasteiger partial charge in [0.1, 0.15) is 17.3 Å². The van der Waals surface area contributed by atoms with Crippen LogP contribution in [-0.2, 0) is 0 Å². The lowest BCUT2D eigenvalue weighted by Crippen LogP contribution is -2.12. The van der Waals surface area contributed by atoms with E-state index >= 15 is 0 Å². The lowest BCUT2D eigenvalue weighted by atomic mass is 10.0. The topological polar surface area (TPSA) is 12.0 Å². The zero-order chi connectivity index (χ0) is 15.6. The first-order chi connectivity index (χ1) is 9.92. The molecule has 1 nitrogen and oxygen atoms in total. The van der Waals surface area contributed by atoms with Gasteiger partial charge in [0.25, 0.3) is 0 Å². The van der Waals surface area contributed by atoms with Crippen molar-refractivity contribution in [1.29, 1.82) is 0 Å². The molecule has 0 spiro atoms. The highest BCUT2D eigenvalue weighted by atomic mass is 79.9. The van der Waals surface area contributed by atoms with Crippen molar-refractivity contribution in [2.45, 2.75) is 19.4 Å². The molecule has 0 aliphatic carbocycles. The molecule has 1 unspecified atom stereocenters. The van der Waals surface area contributed by atoms with Gasteiger partial charge in [-0.3, -0.25) is 0 Å². The lowest BCUT2D eigenvalue weighted by Gasteiger charge is -2.20. The van der Waals surface area contributed by atoms with E-state index in [1.165, 1.54) is 12.1 Å². The molecule has 0 bridgehead atoms. The van der Waals surface area contributed by atoms with Crippen molar-refractivity contribution in [2.75, 3.05) is 5.32 Å². The van der Waals surface area contributed by atoms with Crippen molar-refractivity contribution >= 4 is 44.8 Å². The van der Waals surface area contributed by atoms with E-state index in [2.05, 4.69) is 21.2 Å². The monoisotopic (exact) mass is 393 g/mol. The zero-order valence-electron chi connectivity index (χ0n) is 11.1. The molecular formula is C15H12BrCl2F2N. The van der Waals surface area contributed by atoms with Gasteiger partial charge in [-0.05, 0) is 36.2 Å². The van der Waals surface area contributed by atoms with Crippen molar-refractivity contribution < 1.29 is 8.78 Å². The highest BCUT2D eigenvalue weighted by Gasteiger charge is 2.16. The molecule has 0 aliphatic rings. The third-order valence-electron chi connectivity index (χ3n) is 3.08. The predicted octanol–water partition coefficient (Wildman–Crippen LogP) is 6.60. The number of rotatable bonds is 4. The molecule has 6 heteroatoms. The molecule has 0 fully saturated rings. The van der Waals surface area contributed by atoms with Crippen LogP contribution in [-0.4, -0.2) is 0 Å². The summed E-state index contributed by atoms with van der Waals surface area (Å²) in [6.07, 6.45) is 0.632. The maximum Gasteiger partial charge on any atom is 0.150 e. The first-order valence-corrected chi connectivity index (χ1v) is 7.83. The summed E-state index contributed by atoms with van der Waals surface area (Å²) in [5.74, 6) is -1.30. The van der Waals surface area contributed by atoms with Crippen molar-refractivity contribution in [2.24, 2.45) is 0 Å². The van der Waals surface area contributed by atoms with Gasteiger partial charge in [-0.2, -0.15) is 0 Å². The van der Waals surface area contributed by atoms with Crippen LogP contribution in [0.15, 0.2) is 34.8 Å². The van der Waals surface area contributed by atoms with Crippen LogP contribution in [0.1, 0.15) is 24.9 Å². The van der Waals surface area contributed by atoms with Gasteiger partial charge in [-0.15, -0.1) is 0 Å². The second-order valence-corrected chi connectivity index (χ2v) is 6.25. The van der Waals surface area contributed by atoms with Crippen LogP contribution in [0.4, 0.5) is 14.5 Å². The van der Waals surface area contributed by atoms with Gasteiger partial charge in [0, 0.05) is 4.47 Å². The SMILES string of the molecule is CCC(Nc1c(F)cc(Br)cc1F)c1ccc(Cl)c(Cl)c1. The Morgan fingerprint density at radius 3 is 2.24 bits per heavy atom. The molecule has 0 radical (unpaired) electrons. The van der Waals surface area contributed by atoms with E-state index in [1.807, 2.05) is 6.92 Å². The Balaban J connectivity index is 2.33. The minimum atomic E-state index is -0.652. The summed E-state index contributed by atoms with van der Waals surface area (Å²) in [6, 6.07) is 7.30. The van der Waals surface area contributed by atoms with Crippen LogP contribution in [0.25, 0.3) is 0 Å². The van der Waals surface area contributed by atoms with Crippen LogP contribution in [0.2, 0.25) is 10.0 Å². The molecule has 1 atom stereocenters. The Kier molecular flexibility index (Phi) is 5.47. The van der Waals surface area contributed by atoms with E-state index in [1.54, 1.807) is 18.2 Å². The zero-order valence-corrected chi connectivity index (χ0v) is 14.2. The summed E-state index contributed by atoms with van der Waals surface area (Å²) in [4.78, 5) is 0. The normalized spacial score (nSPS) is 12.3. The number of anilines is 1. The molecule has 1 N–H and O–H groups in total. The van der Waals surface area contributed by atoms with Gasteiger partial charge in [0.05, 0.1) is 16.1 Å². The van der Waals surface area contributed by atoms with Crippen molar-refractivity contribution in [1.82, 2.24) is 0 Å². The van der Waals surface area contributed by atoms with Crippen molar-refractivity contribution in [3.63, 3.8) is 0 Å². The maximum atomic E-state index is 13.9. The summed E-state index contributed by atoms with van der Waals surface area (Å²) in [6.45, 7) is 1.91. The van der Waals surface area contributed by atoms with Crippen LogP contribution in [0, 0.1) is 11.6 Å². The minimum Gasteiger partial charge on any atom is -0.373 e. The molecule has 2 aromatic carbocycles. The van der Waals surface area contributed by atoms with Crippen LogP contribution in [0.5, 0.6) is 0 Å². The standard InChI is InChI=1S/C15H12BrCl2F2N/c1-2-14(8-3-4-10(17)11(18)5-8)21-15-12(19)6-9(16)7-13(15)20/h3-7,14,21H,2H2,1H3. The quantitative estimate of drug-likeness (QED) is 0.616.